The number of ketones is 2. The van der Waals surface area contributed by atoms with Gasteiger partial charge < -0.3 is 59.2 Å². The molecule has 7 heterocycles. The number of hydrogen-bond donors (Lipinski definition) is 5. The number of carbonyl (C=O) groups excluding carboxylic acids is 7. The molecule has 1 fully saturated rings. The first kappa shape index (κ1) is 82.7. The molecule has 2 atom stereocenters. The molecule has 28 heteroatoms. The molecule has 0 spiro atoms. The van der Waals surface area contributed by atoms with Gasteiger partial charge in [0.25, 0.3) is 23.4 Å². The number of H-pyrrole nitrogens is 1. The number of aromatic nitrogens is 7. The van der Waals surface area contributed by atoms with Crippen LogP contribution in [0, 0.1) is 0 Å². The van der Waals surface area contributed by atoms with Crippen LogP contribution in [-0.2, 0) is 71.8 Å². The van der Waals surface area contributed by atoms with Crippen LogP contribution in [0.5, 0.6) is 0 Å². The number of nitrogens with zero attached hydrogens (tertiary/aromatic N) is 8. The maximum Gasteiger partial charge on any atom is 1.00 e. The van der Waals surface area contributed by atoms with E-state index < -0.39 is 59.0 Å². The van der Waals surface area contributed by atoms with Crippen molar-refractivity contribution in [3.05, 3.63) is 166 Å². The number of esters is 2. The summed E-state index contributed by atoms with van der Waals surface area (Å²) in [5.41, 5.74) is 11.5. The third kappa shape index (κ3) is 22.7. The van der Waals surface area contributed by atoms with Crippen LogP contribution < -0.4 is 67.5 Å². The SMILES string of the molecule is C1CCOC1.CC(C)(C)[O-].CI.CN(C)CC(O)Cn1nc(C2=C(c3cn(C)c4ccccc34)C(=O)NC2=O)c2cc(Cl)ccc21.CN(C)CC(O)Cn1nc(CC(N)=O)c2cc(Cl)ccc21.COC(=O)C(=O)c1c[nH]c2ccccc12.COC(=O)C(=O)c1cn(C)c2ccccc12.[K+]. The van der Waals surface area contributed by atoms with E-state index >= 15 is 0 Å². The van der Waals surface area contributed by atoms with E-state index in [4.69, 9.17) is 38.8 Å². The van der Waals surface area contributed by atoms with Crippen molar-refractivity contribution in [2.75, 3.05) is 73.6 Å². The smallest absolute Gasteiger partial charge is 0.850 e. The molecule has 0 radical (unpaired) electrons. The van der Waals surface area contributed by atoms with Gasteiger partial charge in [-0.3, -0.25) is 38.7 Å². The summed E-state index contributed by atoms with van der Waals surface area (Å²) in [5, 5.41) is 47.1. The molecule has 0 bridgehead atoms. The quantitative estimate of drug-likeness (QED) is 0.0154. The third-order valence-electron chi connectivity index (χ3n) is 14.6. The summed E-state index contributed by atoms with van der Waals surface area (Å²) in [6.45, 7) is 8.44. The van der Waals surface area contributed by atoms with E-state index in [2.05, 4.69) is 47.5 Å². The molecule has 2 unspecified atom stereocenters. The van der Waals surface area contributed by atoms with Crippen molar-refractivity contribution in [1.82, 2.24) is 48.8 Å². The Morgan fingerprint density at radius 1 is 0.657 bits per heavy atom. The van der Waals surface area contributed by atoms with Crippen molar-refractivity contribution < 1.29 is 114 Å². The number of methoxy groups -OCH3 is 2. The summed E-state index contributed by atoms with van der Waals surface area (Å²) in [6, 6.07) is 33.0. The number of aromatic amines is 1. The number of halogens is 3. The first-order valence-corrected chi connectivity index (χ1v) is 33.8. The van der Waals surface area contributed by atoms with Gasteiger partial charge in [0.05, 0.1) is 84.9 Å². The predicted molar refractivity (Wildman–Crippen MR) is 388 cm³/mol. The van der Waals surface area contributed by atoms with E-state index in [1.54, 1.807) is 66.7 Å². The summed E-state index contributed by atoms with van der Waals surface area (Å²) >= 11 is 14.5. The number of hydrogen-bond acceptors (Lipinski definition) is 17. The van der Waals surface area contributed by atoms with Crippen molar-refractivity contribution in [1.29, 1.82) is 0 Å². The molecule has 1 saturated heterocycles. The number of alkyl halides is 1. The normalized spacial score (nSPS) is 13.1. The minimum absolute atomic E-state index is 0. The molecule has 3 amide bonds. The Morgan fingerprint density at radius 2 is 1.11 bits per heavy atom. The molecule has 24 nitrogen and oxygen atoms in total. The molecule has 0 aliphatic carbocycles. The van der Waals surface area contributed by atoms with Gasteiger partial charge in [0.1, 0.15) is 5.69 Å². The van der Waals surface area contributed by atoms with Crippen LogP contribution >= 0.6 is 45.8 Å². The number of ether oxygens (including phenoxy) is 3. The summed E-state index contributed by atoms with van der Waals surface area (Å²) in [7, 11) is 13.7. The fraction of sp³-hybridized carbons (Fsp3) is 0.338. The largest absolute Gasteiger partial charge is 1.00 e. The van der Waals surface area contributed by atoms with Crippen LogP contribution in [0.3, 0.4) is 0 Å². The molecular weight excluding hydrogens is 1450 g/mol. The van der Waals surface area contributed by atoms with E-state index in [-0.39, 0.29) is 75.5 Å². The number of imide groups is 1. The fourth-order valence-electron chi connectivity index (χ4n) is 10.7. The number of nitrogens with one attached hydrogen (secondary N) is 2. The number of primary amides is 1. The Morgan fingerprint density at radius 3 is 1.63 bits per heavy atom. The molecule has 5 aromatic heterocycles. The van der Waals surface area contributed by atoms with Crippen molar-refractivity contribution in [3.8, 4) is 0 Å². The van der Waals surface area contributed by atoms with Crippen LogP contribution in [0.15, 0.2) is 128 Å². The number of aryl methyl sites for hydroxylation is 2. The molecule has 10 aromatic rings. The zero-order valence-electron chi connectivity index (χ0n) is 57.8. The third-order valence-corrected chi connectivity index (χ3v) is 15.1. The second-order valence-corrected chi connectivity index (χ2v) is 25.0. The Kier molecular flexibility index (Phi) is 32.3. The average molecular weight is 1540 g/mol. The Balaban J connectivity index is 0.000000235. The standard InChI is InChI=1S/C25H24ClN5O3.C14H19ClN4O2.C12H11NO3.C11H9NO3.C4H8O.C4H9O.CH3I.K/c1-29(2)11-15(32)12-31-20-9-8-14(26)10-17(20)23(28-31)22-21(24(33)27-25(22)34)18-13-30(3)19-7-5-4-6-16(18)19;1-18(2)7-10(20)8-19-13-4-3-9(15)5-11(13)12(17-19)6-14(16)21;1-13-7-9(11(14)12(15)16-2)8-5-3-4-6-10(8)13;1-15-11(14)10(13)8-6-12-9-5-3-2-4-7(8)9;1-2-4-5-3-1;1-4(2,3)5;1-2;/h4-10,13,15,32H,11-12H2,1-3H3,(H,27,33,34);3-5,10,20H,6-8H2,1-2H3,(H2,16,21);3-7H,1-2H3;2-6,12H,1H3;1-4H2;1-3H3;1H3;/q;;;;;-1;;+1. The summed E-state index contributed by atoms with van der Waals surface area (Å²) in [5.74, 6) is -4.34. The van der Waals surface area contributed by atoms with Crippen LogP contribution in [0.4, 0.5) is 0 Å². The number of aliphatic hydroxyl groups excluding tert-OH is 2. The molecule has 0 saturated carbocycles. The van der Waals surface area contributed by atoms with Crippen molar-refractivity contribution in [3.63, 3.8) is 0 Å². The van der Waals surface area contributed by atoms with Gasteiger partial charge in [0.15, 0.2) is 0 Å². The number of amides is 3. The number of carbonyl (C=O) groups is 7. The fourth-order valence-corrected chi connectivity index (χ4v) is 11.0. The van der Waals surface area contributed by atoms with Gasteiger partial charge in [-0.05, 0) is 101 Å². The van der Waals surface area contributed by atoms with E-state index in [9.17, 15) is 48.9 Å². The number of rotatable bonds is 16. The van der Waals surface area contributed by atoms with Crippen molar-refractivity contribution in [2.45, 2.75) is 70.9 Å². The number of Topliss-reactive ketones (excluding diaryl/α,β-unsaturated/α-hetero) is 2. The molecule has 5 aromatic carbocycles. The van der Waals surface area contributed by atoms with E-state index in [0.29, 0.717) is 68.7 Å². The first-order valence-electron chi connectivity index (χ1n) is 30.9. The molecule has 522 valence electrons. The molecule has 99 heavy (non-hydrogen) atoms. The molecular formula is C71H83Cl2IKN11O13. The van der Waals surface area contributed by atoms with Crippen molar-refractivity contribution in [2.24, 2.45) is 19.8 Å². The van der Waals surface area contributed by atoms with Gasteiger partial charge in [-0.1, -0.05) is 121 Å². The van der Waals surface area contributed by atoms with E-state index in [1.165, 1.54) is 33.3 Å². The zero-order chi connectivity index (χ0) is 72.3. The molecule has 12 rings (SSSR count). The summed E-state index contributed by atoms with van der Waals surface area (Å²) in [4.78, 5) is 91.5. The Bertz CT molecular complexity index is 4490. The molecule has 6 N–H and O–H groups in total. The number of benzene rings is 5. The van der Waals surface area contributed by atoms with Gasteiger partial charge in [-0.2, -0.15) is 10.2 Å². The van der Waals surface area contributed by atoms with Gasteiger partial charge in [0.2, 0.25) is 5.91 Å². The Labute approximate surface area is 640 Å². The van der Waals surface area contributed by atoms with Crippen LogP contribution in [0.2, 0.25) is 10.0 Å². The van der Waals surface area contributed by atoms with E-state index in [0.717, 1.165) is 56.8 Å². The predicted octanol–water partition coefficient (Wildman–Crippen LogP) is 5.37. The minimum Gasteiger partial charge on any atom is -0.850 e. The summed E-state index contributed by atoms with van der Waals surface area (Å²) in [6.07, 6.45) is 6.39. The second kappa shape index (κ2) is 38.7. The number of nitrogens with two attached hydrogens (primary N) is 1. The maximum atomic E-state index is 13.1. The topological polar surface area (TPSA) is 317 Å². The van der Waals surface area contributed by atoms with Gasteiger partial charge in [0, 0.05) is 118 Å². The number of fused-ring (bicyclic) bond motifs is 5. The van der Waals surface area contributed by atoms with Gasteiger partial charge in [-0.25, -0.2) is 9.59 Å². The second-order valence-electron chi connectivity index (χ2n) is 24.2. The van der Waals surface area contributed by atoms with Gasteiger partial charge >= 0.3 is 63.3 Å². The number of aliphatic hydroxyl groups is 2. The maximum absolute atomic E-state index is 13.1. The molecule has 2 aliphatic heterocycles. The van der Waals surface area contributed by atoms with Crippen molar-refractivity contribution >= 4 is 153 Å². The zero-order valence-corrected chi connectivity index (χ0v) is 64.6. The molecule has 2 aliphatic rings. The summed E-state index contributed by atoms with van der Waals surface area (Å²) < 4.78 is 20.8. The first-order chi connectivity index (χ1) is 46.5. The van der Waals surface area contributed by atoms with E-state index in [1.807, 2.05) is 151 Å². The van der Waals surface area contributed by atoms with Crippen LogP contribution in [0.25, 0.3) is 65.7 Å². The Hall–Kier alpha value is -7.00. The van der Waals surface area contributed by atoms with Crippen LogP contribution in [0.1, 0.15) is 71.3 Å². The monoisotopic (exact) mass is 1530 g/mol. The number of para-hydroxylation sites is 3. The number of likely N-dealkylation sites (N-methyl/N-ethyl adjacent to an activating group) is 2. The van der Waals surface area contributed by atoms with Crippen LogP contribution in [-0.4, -0.2) is 186 Å². The average Bonchev–Trinajstić information content (AvgIpc) is 1.59. The minimum atomic E-state index is -0.847. The van der Waals surface area contributed by atoms with Gasteiger partial charge in [-0.15, -0.1) is 5.60 Å².